The first-order valence-electron chi connectivity index (χ1n) is 6.52. The molecule has 1 unspecified atom stereocenters. The first-order chi connectivity index (χ1) is 9.77. The highest BCUT2D eigenvalue weighted by atomic mass is 32.2. The quantitative estimate of drug-likeness (QED) is 0.326. The van der Waals surface area contributed by atoms with Gasteiger partial charge in [0.05, 0.1) is 0 Å². The van der Waals surface area contributed by atoms with Gasteiger partial charge in [0.25, 0.3) is 0 Å². The van der Waals surface area contributed by atoms with E-state index in [1.54, 1.807) is 0 Å². The van der Waals surface area contributed by atoms with Crippen molar-refractivity contribution in [2.24, 2.45) is 5.73 Å². The first-order valence-corrected chi connectivity index (χ1v) is 7.51. The molecule has 0 aliphatic rings. The van der Waals surface area contributed by atoms with Crippen molar-refractivity contribution in [1.29, 1.82) is 0 Å². The molecule has 3 N–H and O–H groups in total. The molecule has 0 saturated heterocycles. The molecule has 0 aliphatic carbocycles. The maximum atomic E-state index is 12.1. The van der Waals surface area contributed by atoms with Crippen LogP contribution in [0.15, 0.2) is 0 Å². The number of rotatable bonds is 11. The number of carbonyl (C=O) groups excluding carboxylic acids is 2. The lowest BCUT2D eigenvalue weighted by Crippen LogP contribution is -2.55. The summed E-state index contributed by atoms with van der Waals surface area (Å²) in [4.78, 5) is 34.1. The number of carboxylic acid groups (broad SMARTS) is 1. The van der Waals surface area contributed by atoms with Crippen LogP contribution in [-0.2, 0) is 23.9 Å². The van der Waals surface area contributed by atoms with E-state index in [-0.39, 0.29) is 24.4 Å². The molecule has 0 rings (SSSR count). The molecule has 0 spiro atoms. The highest BCUT2D eigenvalue weighted by Crippen LogP contribution is 2.18. The van der Waals surface area contributed by atoms with Gasteiger partial charge in [0.2, 0.25) is 0 Å². The number of carboxylic acids is 1. The largest absolute Gasteiger partial charge is 0.480 e. The van der Waals surface area contributed by atoms with Crippen LogP contribution in [0.1, 0.15) is 32.6 Å². The highest BCUT2D eigenvalue weighted by molar-refractivity contribution is 8.13. The summed E-state index contributed by atoms with van der Waals surface area (Å²) in [5.74, 6) is -1.45. The highest BCUT2D eigenvalue weighted by Gasteiger charge is 2.41. The van der Waals surface area contributed by atoms with Crippen molar-refractivity contribution in [2.45, 2.75) is 44.4 Å². The van der Waals surface area contributed by atoms with E-state index in [0.717, 1.165) is 11.8 Å². The minimum atomic E-state index is -1.95. The van der Waals surface area contributed by atoms with E-state index in [4.69, 9.17) is 15.2 Å². The van der Waals surface area contributed by atoms with Gasteiger partial charge in [-0.15, -0.1) is 0 Å². The Bertz CT molecular complexity index is 372. The molecule has 8 heteroatoms. The molecule has 0 amide bonds. The molecule has 21 heavy (non-hydrogen) atoms. The van der Waals surface area contributed by atoms with Gasteiger partial charge in [-0.3, -0.25) is 9.59 Å². The second kappa shape index (κ2) is 9.88. The Morgan fingerprint density at radius 1 is 1.29 bits per heavy atom. The number of nitrogens with two attached hydrogens (primary N) is 1. The Kier molecular flexibility index (Phi) is 9.43. The van der Waals surface area contributed by atoms with Gasteiger partial charge in [-0.1, -0.05) is 11.8 Å². The third-order valence-corrected chi connectivity index (χ3v) is 3.93. The zero-order valence-corrected chi connectivity index (χ0v) is 13.4. The Labute approximate surface area is 128 Å². The van der Waals surface area contributed by atoms with Crippen molar-refractivity contribution in [2.75, 3.05) is 20.0 Å². The summed E-state index contributed by atoms with van der Waals surface area (Å²) in [6.45, 7) is 1.44. The maximum Gasteiger partial charge on any atom is 0.331 e. The van der Waals surface area contributed by atoms with Gasteiger partial charge in [0, 0.05) is 39.7 Å². The number of Topliss-reactive ketones (excluding diaryl/α,β-unsaturated/α-hetero) is 1. The maximum absolute atomic E-state index is 12.1. The van der Waals surface area contributed by atoms with E-state index in [9.17, 15) is 19.5 Å². The van der Waals surface area contributed by atoms with Crippen molar-refractivity contribution in [3.63, 3.8) is 0 Å². The number of carbonyl (C=O) groups is 3. The number of ketones is 1. The number of hydrogen-bond donors (Lipinski definition) is 2. The van der Waals surface area contributed by atoms with Crippen molar-refractivity contribution >= 4 is 28.6 Å². The minimum Gasteiger partial charge on any atom is -0.480 e. The second-order valence-electron chi connectivity index (χ2n) is 4.58. The molecule has 0 aliphatic heterocycles. The molecule has 0 aromatic heterocycles. The zero-order valence-electron chi connectivity index (χ0n) is 12.6. The molecule has 0 bridgehead atoms. The lowest BCUT2D eigenvalue weighted by Gasteiger charge is -2.25. The fourth-order valence-electron chi connectivity index (χ4n) is 1.71. The number of aliphatic carboxylic acids is 1. The van der Waals surface area contributed by atoms with Crippen LogP contribution in [0.5, 0.6) is 0 Å². The number of thioether (sulfide) groups is 1. The molecule has 0 fully saturated rings. The zero-order chi connectivity index (χ0) is 16.5. The van der Waals surface area contributed by atoms with Crippen LogP contribution in [0.3, 0.4) is 0 Å². The number of methoxy groups -OCH3 is 2. The Morgan fingerprint density at radius 3 is 2.29 bits per heavy atom. The first kappa shape index (κ1) is 20.0. The van der Waals surface area contributed by atoms with Gasteiger partial charge in [-0.2, -0.15) is 0 Å². The molecule has 7 nitrogen and oxygen atoms in total. The van der Waals surface area contributed by atoms with Crippen molar-refractivity contribution in [1.82, 2.24) is 0 Å². The van der Waals surface area contributed by atoms with E-state index in [2.05, 4.69) is 0 Å². The summed E-state index contributed by atoms with van der Waals surface area (Å²) in [5.41, 5.74) is 3.80. The summed E-state index contributed by atoms with van der Waals surface area (Å²) in [7, 11) is 2.85. The fraction of sp³-hybridized carbons (Fsp3) is 0.769. The van der Waals surface area contributed by atoms with Gasteiger partial charge in [0.1, 0.15) is 0 Å². The molecule has 0 aromatic carbocycles. The van der Waals surface area contributed by atoms with E-state index in [0.29, 0.717) is 12.2 Å². The van der Waals surface area contributed by atoms with E-state index >= 15 is 0 Å². The summed E-state index contributed by atoms with van der Waals surface area (Å²) in [6.07, 6.45) is -0.0497. The smallest absolute Gasteiger partial charge is 0.331 e. The summed E-state index contributed by atoms with van der Waals surface area (Å²) in [5, 5.41) is 9.18. The molecule has 1 atom stereocenters. The van der Waals surface area contributed by atoms with E-state index < -0.39 is 23.6 Å². The minimum absolute atomic E-state index is 0.0215. The normalized spacial score (nSPS) is 14.0. The molecular formula is C13H23NO6S. The van der Waals surface area contributed by atoms with Gasteiger partial charge >= 0.3 is 5.97 Å². The predicted molar refractivity (Wildman–Crippen MR) is 79.0 cm³/mol. The summed E-state index contributed by atoms with van der Waals surface area (Å²) in [6, 6.07) is 0. The average molecular weight is 321 g/mol. The standard InChI is InChI=1S/C13H23NO6S/c1-9(15)21-8-4-5-10(16)13(14,12(17)18)7-6-11(19-2)20-3/h11H,4-8,14H2,1-3H3,(H,17,18). The van der Waals surface area contributed by atoms with Gasteiger partial charge in [0.15, 0.2) is 22.7 Å². The topological polar surface area (TPSA) is 116 Å². The van der Waals surface area contributed by atoms with Crippen molar-refractivity contribution < 1.29 is 29.0 Å². The van der Waals surface area contributed by atoms with Crippen molar-refractivity contribution in [3.8, 4) is 0 Å². The Hall–Kier alpha value is -0.960. The SMILES string of the molecule is COC(CCC(N)(C(=O)O)C(=O)CCCSC(C)=O)OC. The van der Waals surface area contributed by atoms with Crippen LogP contribution in [0.25, 0.3) is 0 Å². The number of ether oxygens (including phenoxy) is 2. The molecular weight excluding hydrogens is 298 g/mol. The van der Waals surface area contributed by atoms with Crippen LogP contribution in [0.2, 0.25) is 0 Å². The van der Waals surface area contributed by atoms with Crippen LogP contribution in [0.4, 0.5) is 0 Å². The molecule has 122 valence electrons. The van der Waals surface area contributed by atoms with E-state index in [1.807, 2.05) is 0 Å². The van der Waals surface area contributed by atoms with Crippen molar-refractivity contribution in [3.05, 3.63) is 0 Å². The third kappa shape index (κ3) is 7.03. The molecule has 0 aromatic rings. The third-order valence-electron chi connectivity index (χ3n) is 3.03. The lowest BCUT2D eigenvalue weighted by atomic mass is 9.87. The Balaban J connectivity index is 4.52. The average Bonchev–Trinajstić information content (AvgIpc) is 2.43. The van der Waals surface area contributed by atoms with Crippen LogP contribution in [0, 0.1) is 0 Å². The van der Waals surface area contributed by atoms with Gasteiger partial charge in [-0.25, -0.2) is 4.79 Å². The molecule has 0 radical (unpaired) electrons. The predicted octanol–water partition coefficient (Wildman–Crippen LogP) is 0.797. The Morgan fingerprint density at radius 2 is 1.86 bits per heavy atom. The lowest BCUT2D eigenvalue weighted by molar-refractivity contribution is -0.150. The van der Waals surface area contributed by atoms with Gasteiger partial charge in [-0.05, 0) is 12.8 Å². The van der Waals surface area contributed by atoms with Crippen LogP contribution in [-0.4, -0.2) is 53.8 Å². The van der Waals surface area contributed by atoms with Crippen LogP contribution >= 0.6 is 11.8 Å². The van der Waals surface area contributed by atoms with Crippen LogP contribution < -0.4 is 5.73 Å². The van der Waals surface area contributed by atoms with E-state index in [1.165, 1.54) is 21.1 Å². The summed E-state index contributed by atoms with van der Waals surface area (Å²) >= 11 is 1.10. The number of hydrogen-bond acceptors (Lipinski definition) is 7. The molecule has 0 heterocycles. The monoisotopic (exact) mass is 321 g/mol. The van der Waals surface area contributed by atoms with Gasteiger partial charge < -0.3 is 20.3 Å². The summed E-state index contributed by atoms with van der Waals surface area (Å²) < 4.78 is 9.91. The fourth-order valence-corrected chi connectivity index (χ4v) is 2.29. The molecule has 0 saturated carbocycles. The second-order valence-corrected chi connectivity index (χ2v) is 5.85.